The van der Waals surface area contributed by atoms with Crippen molar-refractivity contribution >= 4 is 29.0 Å². The first-order valence-electron chi connectivity index (χ1n) is 10.1. The second-order valence-corrected chi connectivity index (χ2v) is 7.41. The van der Waals surface area contributed by atoms with Gasteiger partial charge in [0.25, 0.3) is 11.6 Å². The van der Waals surface area contributed by atoms with Crippen LogP contribution < -0.4 is 15.1 Å². The van der Waals surface area contributed by atoms with E-state index in [1.807, 2.05) is 66.7 Å². The van der Waals surface area contributed by atoms with Crippen LogP contribution in [0.15, 0.2) is 91.5 Å². The number of benzene rings is 3. The van der Waals surface area contributed by atoms with Gasteiger partial charge in [-0.3, -0.25) is 9.69 Å². The largest absolute Gasteiger partial charge is 0.338 e. The molecule has 1 N–H and O–H groups in total. The number of anilines is 3. The molecule has 0 fully saturated rings. The van der Waals surface area contributed by atoms with Crippen molar-refractivity contribution in [2.45, 2.75) is 12.3 Å². The van der Waals surface area contributed by atoms with Gasteiger partial charge in [0.15, 0.2) is 0 Å². The average molecular weight is 411 g/mol. The molecule has 3 amide bonds. The van der Waals surface area contributed by atoms with Gasteiger partial charge in [-0.05, 0) is 24.3 Å². The number of carbonyl (C=O) groups excluding carboxylic acids is 2. The third-order valence-corrected chi connectivity index (χ3v) is 5.62. The zero-order valence-corrected chi connectivity index (χ0v) is 16.8. The number of hydrogen-bond acceptors (Lipinski definition) is 3. The van der Waals surface area contributed by atoms with Crippen molar-refractivity contribution in [2.75, 3.05) is 21.7 Å². The molecule has 0 aromatic heterocycles. The van der Waals surface area contributed by atoms with E-state index in [9.17, 15) is 9.59 Å². The normalized spacial score (nSPS) is 19.2. The molecule has 0 saturated heterocycles. The van der Waals surface area contributed by atoms with Crippen molar-refractivity contribution in [1.82, 2.24) is 0 Å². The molecular formula is C25H21N3O3. The summed E-state index contributed by atoms with van der Waals surface area (Å²) in [7, 11) is 0. The molecule has 0 aliphatic carbocycles. The van der Waals surface area contributed by atoms with E-state index < -0.39 is 11.8 Å². The van der Waals surface area contributed by atoms with Gasteiger partial charge in [-0.2, -0.15) is 0 Å². The van der Waals surface area contributed by atoms with Gasteiger partial charge in [-0.1, -0.05) is 60.7 Å². The zero-order valence-electron chi connectivity index (χ0n) is 16.8. The van der Waals surface area contributed by atoms with E-state index >= 15 is 0 Å². The molecule has 1 atom stereocenters. The monoisotopic (exact) mass is 411 g/mol. The van der Waals surface area contributed by atoms with E-state index in [0.717, 1.165) is 5.56 Å². The lowest BCUT2D eigenvalue weighted by Gasteiger charge is -2.43. The number of nitrogens with one attached hydrogen (secondary N) is 1. The van der Waals surface area contributed by atoms with Gasteiger partial charge in [-0.15, -0.1) is 6.58 Å². The number of para-hydroxylation sites is 3. The van der Waals surface area contributed by atoms with Crippen LogP contribution in [-0.4, -0.2) is 18.5 Å². The van der Waals surface area contributed by atoms with E-state index in [0.29, 0.717) is 29.2 Å². The lowest BCUT2D eigenvalue weighted by molar-refractivity contribution is -0.146. The Bertz CT molecular complexity index is 1180. The highest BCUT2D eigenvalue weighted by molar-refractivity contribution is 6.16. The summed E-state index contributed by atoms with van der Waals surface area (Å²) in [4.78, 5) is 30.6. The topological polar surface area (TPSA) is 61.9 Å². The molecule has 2 aliphatic heterocycles. The second-order valence-electron chi connectivity index (χ2n) is 7.41. The number of rotatable bonds is 3. The van der Waals surface area contributed by atoms with Gasteiger partial charge in [0.2, 0.25) is 0 Å². The summed E-state index contributed by atoms with van der Waals surface area (Å²) in [5.74, 6) is -0.314. The summed E-state index contributed by atoms with van der Waals surface area (Å²) >= 11 is 0. The van der Waals surface area contributed by atoms with Crippen molar-refractivity contribution < 1.29 is 14.3 Å². The minimum atomic E-state index is -1.59. The first kappa shape index (κ1) is 19.1. The smallest absolute Gasteiger partial charge is 0.329 e. The van der Waals surface area contributed by atoms with Crippen molar-refractivity contribution in [1.29, 1.82) is 0 Å². The maximum Gasteiger partial charge on any atom is 0.329 e. The van der Waals surface area contributed by atoms with Crippen LogP contribution in [0.4, 0.5) is 21.9 Å². The number of ether oxygens (including phenoxy) is 1. The predicted octanol–water partition coefficient (Wildman–Crippen LogP) is 4.64. The highest BCUT2D eigenvalue weighted by atomic mass is 16.5. The first-order chi connectivity index (χ1) is 15.2. The Morgan fingerprint density at radius 2 is 1.68 bits per heavy atom. The molecule has 154 valence electrons. The van der Waals surface area contributed by atoms with Crippen LogP contribution in [0.25, 0.3) is 0 Å². The highest BCUT2D eigenvalue weighted by Gasteiger charge is 2.60. The maximum atomic E-state index is 13.8. The Kier molecular flexibility index (Phi) is 4.56. The third-order valence-electron chi connectivity index (χ3n) is 5.62. The van der Waals surface area contributed by atoms with Gasteiger partial charge in [0.05, 0.1) is 18.0 Å². The van der Waals surface area contributed by atoms with Gasteiger partial charge >= 0.3 is 6.03 Å². The van der Waals surface area contributed by atoms with Crippen LogP contribution in [0.2, 0.25) is 0 Å². The van der Waals surface area contributed by atoms with Gasteiger partial charge in [0.1, 0.15) is 0 Å². The number of nitrogens with zero attached hydrogens (tertiary/aromatic N) is 2. The standard InChI is InChI=1S/C25H21N3O3/c1-2-16-27-22-15-9-7-13-20(22)25(23(27)29)28(21-14-8-6-10-18(21)17-31-25)24(30)26-19-11-4-3-5-12-19/h2-15H,1,16-17H2,(H,26,30)/t25-/m0/s1. The number of amides is 3. The Balaban J connectivity index is 1.69. The Morgan fingerprint density at radius 1 is 1.00 bits per heavy atom. The van der Waals surface area contributed by atoms with Crippen LogP contribution in [-0.2, 0) is 21.9 Å². The molecular weight excluding hydrogens is 390 g/mol. The summed E-state index contributed by atoms with van der Waals surface area (Å²) in [5, 5.41) is 2.92. The lowest BCUT2D eigenvalue weighted by atomic mass is 9.98. The molecule has 6 heteroatoms. The minimum Gasteiger partial charge on any atom is -0.338 e. The fourth-order valence-electron chi connectivity index (χ4n) is 4.29. The highest BCUT2D eigenvalue weighted by Crippen LogP contribution is 2.50. The summed E-state index contributed by atoms with van der Waals surface area (Å²) < 4.78 is 6.28. The quantitative estimate of drug-likeness (QED) is 0.639. The van der Waals surface area contributed by atoms with Gasteiger partial charge in [0, 0.05) is 23.4 Å². The number of fused-ring (bicyclic) bond motifs is 3. The van der Waals surface area contributed by atoms with E-state index in [-0.39, 0.29) is 12.5 Å². The number of carbonyl (C=O) groups is 2. The van der Waals surface area contributed by atoms with E-state index in [1.54, 1.807) is 23.1 Å². The second kappa shape index (κ2) is 7.41. The molecule has 5 rings (SSSR count). The SMILES string of the molecule is C=CCN1C(=O)[C@@]2(OCc3ccccc3N2C(=O)Nc2ccccc2)c2ccccc21. The summed E-state index contributed by atoms with van der Waals surface area (Å²) in [6.07, 6.45) is 1.67. The Morgan fingerprint density at radius 3 is 2.45 bits per heavy atom. The lowest BCUT2D eigenvalue weighted by Crippen LogP contribution is -2.60. The maximum absolute atomic E-state index is 13.8. The molecule has 2 aliphatic rings. The van der Waals surface area contributed by atoms with E-state index in [4.69, 9.17) is 4.74 Å². The first-order valence-corrected chi connectivity index (χ1v) is 10.1. The summed E-state index contributed by atoms with van der Waals surface area (Å²) in [6.45, 7) is 4.32. The fraction of sp³-hybridized carbons (Fsp3) is 0.120. The Hall–Kier alpha value is -3.90. The summed E-state index contributed by atoms with van der Waals surface area (Å²) in [5.41, 5.74) is 1.87. The molecule has 31 heavy (non-hydrogen) atoms. The third kappa shape index (κ3) is 2.84. The van der Waals surface area contributed by atoms with Crippen molar-refractivity contribution in [3.05, 3.63) is 103 Å². The van der Waals surface area contributed by atoms with Crippen molar-refractivity contribution in [3.63, 3.8) is 0 Å². The average Bonchev–Trinajstić information content (AvgIpc) is 3.03. The molecule has 1 spiro atoms. The van der Waals surface area contributed by atoms with Crippen LogP contribution in [0, 0.1) is 0 Å². The van der Waals surface area contributed by atoms with E-state index in [2.05, 4.69) is 11.9 Å². The van der Waals surface area contributed by atoms with Gasteiger partial charge in [-0.25, -0.2) is 4.79 Å². The van der Waals surface area contributed by atoms with Gasteiger partial charge < -0.3 is 15.0 Å². The molecule has 3 aromatic carbocycles. The van der Waals surface area contributed by atoms with Crippen LogP contribution in [0.5, 0.6) is 0 Å². The molecule has 3 aromatic rings. The number of hydrogen-bond donors (Lipinski definition) is 1. The predicted molar refractivity (Wildman–Crippen MR) is 120 cm³/mol. The van der Waals surface area contributed by atoms with Crippen molar-refractivity contribution in [3.8, 4) is 0 Å². The van der Waals surface area contributed by atoms with E-state index in [1.165, 1.54) is 4.90 Å². The molecule has 0 saturated carbocycles. The molecule has 0 unspecified atom stereocenters. The summed E-state index contributed by atoms with van der Waals surface area (Å²) in [6, 6.07) is 23.6. The fourth-order valence-corrected chi connectivity index (χ4v) is 4.29. The van der Waals surface area contributed by atoms with Crippen LogP contribution >= 0.6 is 0 Å². The minimum absolute atomic E-state index is 0.216. The molecule has 6 nitrogen and oxygen atoms in total. The molecule has 0 radical (unpaired) electrons. The Labute approximate surface area is 180 Å². The van der Waals surface area contributed by atoms with Crippen molar-refractivity contribution in [2.24, 2.45) is 0 Å². The van der Waals surface area contributed by atoms with Crippen LogP contribution in [0.3, 0.4) is 0 Å². The number of urea groups is 1. The molecule has 0 bridgehead atoms. The zero-order chi connectivity index (χ0) is 21.4. The molecule has 2 heterocycles. The van der Waals surface area contributed by atoms with Crippen LogP contribution in [0.1, 0.15) is 11.1 Å².